The molecule has 0 heterocycles. The Bertz CT molecular complexity index is 1470. The maximum atomic E-state index is 13.1. The molecule has 0 radical (unpaired) electrons. The molecule has 33 heavy (non-hydrogen) atoms. The summed E-state index contributed by atoms with van der Waals surface area (Å²) in [5, 5.41) is 4.89. The van der Waals surface area contributed by atoms with Gasteiger partial charge in [0.15, 0.2) is 0 Å². The molecule has 0 unspecified atom stereocenters. The Morgan fingerprint density at radius 1 is 0.879 bits per heavy atom. The monoisotopic (exact) mass is 500 g/mol. The molecule has 6 nitrogen and oxygen atoms in total. The largest absolute Gasteiger partial charge is 0.495 e. The third kappa shape index (κ3) is 4.90. The number of nitrogens with one attached hydrogen (secondary N) is 2. The molecule has 0 spiro atoms. The molecule has 2 N–H and O–H groups in total. The zero-order valence-corrected chi connectivity index (χ0v) is 19.6. The second-order valence-electron chi connectivity index (χ2n) is 7.07. The van der Waals surface area contributed by atoms with Gasteiger partial charge in [0, 0.05) is 10.4 Å². The standard InChI is InChI=1S/C24H18Cl2N2O4S/c1-32-23-12-10-17(14-22(23)27-24(29)19-11-9-16(25)13-20(19)26)33(30,31)28-21-8-4-6-15-5-2-3-7-18(15)21/h2-14,28H,1H3,(H,27,29). The van der Waals surface area contributed by atoms with E-state index in [0.717, 1.165) is 10.8 Å². The summed E-state index contributed by atoms with van der Waals surface area (Å²) in [6, 6.07) is 21.5. The molecule has 4 aromatic rings. The van der Waals surface area contributed by atoms with Crippen LogP contribution in [-0.4, -0.2) is 21.4 Å². The van der Waals surface area contributed by atoms with Crippen LogP contribution in [0.25, 0.3) is 10.8 Å². The summed E-state index contributed by atoms with van der Waals surface area (Å²) in [5.41, 5.74) is 0.807. The number of ether oxygens (including phenoxy) is 1. The lowest BCUT2D eigenvalue weighted by Crippen LogP contribution is -2.16. The molecule has 0 saturated carbocycles. The van der Waals surface area contributed by atoms with Crippen LogP contribution in [0.5, 0.6) is 5.75 Å². The lowest BCUT2D eigenvalue weighted by Gasteiger charge is -2.15. The van der Waals surface area contributed by atoms with Gasteiger partial charge in [-0.05, 0) is 47.9 Å². The SMILES string of the molecule is COc1ccc(S(=O)(=O)Nc2cccc3ccccc23)cc1NC(=O)c1ccc(Cl)cc1Cl. The zero-order chi connectivity index (χ0) is 23.6. The third-order valence-corrected chi connectivity index (χ3v) is 6.85. The Kier molecular flexibility index (Phi) is 6.47. The zero-order valence-electron chi connectivity index (χ0n) is 17.3. The number of hydrogen-bond acceptors (Lipinski definition) is 4. The lowest BCUT2D eigenvalue weighted by molar-refractivity contribution is 0.102. The summed E-state index contributed by atoms with van der Waals surface area (Å²) in [6.07, 6.45) is 0. The molecule has 0 atom stereocenters. The van der Waals surface area contributed by atoms with Crippen molar-refractivity contribution in [1.82, 2.24) is 0 Å². The van der Waals surface area contributed by atoms with Gasteiger partial charge in [0.05, 0.1) is 34.0 Å². The van der Waals surface area contributed by atoms with Crippen LogP contribution in [0.4, 0.5) is 11.4 Å². The number of sulfonamides is 1. The van der Waals surface area contributed by atoms with E-state index in [2.05, 4.69) is 10.0 Å². The van der Waals surface area contributed by atoms with Gasteiger partial charge in [-0.3, -0.25) is 9.52 Å². The van der Waals surface area contributed by atoms with Crippen LogP contribution < -0.4 is 14.8 Å². The molecule has 0 aliphatic carbocycles. The number of halogens is 2. The minimum absolute atomic E-state index is 0.0475. The maximum Gasteiger partial charge on any atom is 0.261 e. The first kappa shape index (κ1) is 22.9. The van der Waals surface area contributed by atoms with Crippen LogP contribution in [0.1, 0.15) is 10.4 Å². The van der Waals surface area contributed by atoms with E-state index in [1.807, 2.05) is 30.3 Å². The minimum atomic E-state index is -3.97. The van der Waals surface area contributed by atoms with E-state index in [-0.39, 0.29) is 26.9 Å². The highest BCUT2D eigenvalue weighted by molar-refractivity contribution is 7.92. The fourth-order valence-electron chi connectivity index (χ4n) is 3.33. The van der Waals surface area contributed by atoms with Gasteiger partial charge in [-0.1, -0.05) is 59.6 Å². The van der Waals surface area contributed by atoms with E-state index < -0.39 is 15.9 Å². The summed E-state index contributed by atoms with van der Waals surface area (Å²) < 4.78 is 34.2. The lowest BCUT2D eigenvalue weighted by atomic mass is 10.1. The molecule has 0 aliphatic rings. The van der Waals surface area contributed by atoms with Crippen LogP contribution in [0.3, 0.4) is 0 Å². The van der Waals surface area contributed by atoms with Gasteiger partial charge in [0.25, 0.3) is 15.9 Å². The molecule has 0 aromatic heterocycles. The Hall–Kier alpha value is -3.26. The number of rotatable bonds is 6. The molecule has 0 aliphatic heterocycles. The van der Waals surface area contributed by atoms with Gasteiger partial charge in [-0.15, -0.1) is 0 Å². The van der Waals surface area contributed by atoms with Crippen molar-refractivity contribution >= 4 is 61.3 Å². The highest BCUT2D eigenvalue weighted by Gasteiger charge is 2.20. The first-order valence-corrected chi connectivity index (χ1v) is 12.0. The van der Waals surface area contributed by atoms with Crippen molar-refractivity contribution < 1.29 is 17.9 Å². The predicted molar refractivity (Wildman–Crippen MR) is 132 cm³/mol. The molecule has 168 valence electrons. The molecule has 0 bridgehead atoms. The maximum absolute atomic E-state index is 13.1. The minimum Gasteiger partial charge on any atom is -0.495 e. The summed E-state index contributed by atoms with van der Waals surface area (Å²) in [7, 11) is -2.55. The molecule has 9 heteroatoms. The normalized spacial score (nSPS) is 11.2. The number of anilines is 2. The van der Waals surface area contributed by atoms with Crippen LogP contribution in [0, 0.1) is 0 Å². The quantitative estimate of drug-likeness (QED) is 0.329. The van der Waals surface area contributed by atoms with E-state index in [0.29, 0.717) is 10.7 Å². The Labute approximate surface area is 201 Å². The van der Waals surface area contributed by atoms with Gasteiger partial charge in [0.1, 0.15) is 5.75 Å². The van der Waals surface area contributed by atoms with Crippen molar-refractivity contribution in [2.45, 2.75) is 4.90 Å². The number of hydrogen-bond donors (Lipinski definition) is 2. The highest BCUT2D eigenvalue weighted by Crippen LogP contribution is 2.31. The summed E-state index contributed by atoms with van der Waals surface area (Å²) in [5.74, 6) is -0.246. The molecule has 1 amide bonds. The van der Waals surface area contributed by atoms with Gasteiger partial charge in [-0.2, -0.15) is 0 Å². The van der Waals surface area contributed by atoms with Crippen LogP contribution in [-0.2, 0) is 10.0 Å². The summed E-state index contributed by atoms with van der Waals surface area (Å²) >= 11 is 12.0. The number of carbonyl (C=O) groups is 1. The average molecular weight is 501 g/mol. The van der Waals surface area contributed by atoms with E-state index in [1.165, 1.54) is 43.5 Å². The highest BCUT2D eigenvalue weighted by atomic mass is 35.5. The van der Waals surface area contributed by atoms with Crippen molar-refractivity contribution in [3.05, 3.63) is 94.5 Å². The van der Waals surface area contributed by atoms with Gasteiger partial charge >= 0.3 is 0 Å². The average Bonchev–Trinajstić information content (AvgIpc) is 2.79. The molecule has 4 aromatic carbocycles. The fourth-order valence-corrected chi connectivity index (χ4v) is 4.93. The number of amides is 1. The topological polar surface area (TPSA) is 84.5 Å². The fraction of sp³-hybridized carbons (Fsp3) is 0.0417. The Balaban J connectivity index is 1.67. The smallest absolute Gasteiger partial charge is 0.261 e. The molecular formula is C24H18Cl2N2O4S. The number of benzene rings is 4. The first-order valence-electron chi connectivity index (χ1n) is 9.73. The second kappa shape index (κ2) is 9.31. The van der Waals surface area contributed by atoms with Crippen molar-refractivity contribution in [2.75, 3.05) is 17.1 Å². The van der Waals surface area contributed by atoms with E-state index in [4.69, 9.17) is 27.9 Å². The van der Waals surface area contributed by atoms with E-state index >= 15 is 0 Å². The molecule has 4 rings (SSSR count). The molecule has 0 fully saturated rings. The summed E-state index contributed by atoms with van der Waals surface area (Å²) in [4.78, 5) is 12.7. The van der Waals surface area contributed by atoms with E-state index in [9.17, 15) is 13.2 Å². The van der Waals surface area contributed by atoms with Crippen LogP contribution >= 0.6 is 23.2 Å². The van der Waals surface area contributed by atoms with Crippen molar-refractivity contribution in [3.63, 3.8) is 0 Å². The molecular weight excluding hydrogens is 483 g/mol. The van der Waals surface area contributed by atoms with Crippen molar-refractivity contribution in [2.24, 2.45) is 0 Å². The van der Waals surface area contributed by atoms with Crippen LogP contribution in [0.15, 0.2) is 83.8 Å². The van der Waals surface area contributed by atoms with Gasteiger partial charge in [-0.25, -0.2) is 8.42 Å². The Morgan fingerprint density at radius 2 is 1.64 bits per heavy atom. The van der Waals surface area contributed by atoms with Crippen LogP contribution in [0.2, 0.25) is 10.0 Å². The number of carbonyl (C=O) groups excluding carboxylic acids is 1. The predicted octanol–water partition coefficient (Wildman–Crippen LogP) is 6.21. The van der Waals surface area contributed by atoms with Gasteiger partial charge in [0.2, 0.25) is 0 Å². The summed E-state index contributed by atoms with van der Waals surface area (Å²) in [6.45, 7) is 0. The van der Waals surface area contributed by atoms with Gasteiger partial charge < -0.3 is 10.1 Å². The number of fused-ring (bicyclic) bond motifs is 1. The third-order valence-electron chi connectivity index (χ3n) is 4.94. The molecule has 0 saturated heterocycles. The van der Waals surface area contributed by atoms with Crippen molar-refractivity contribution in [1.29, 1.82) is 0 Å². The number of methoxy groups -OCH3 is 1. The second-order valence-corrected chi connectivity index (χ2v) is 9.60. The van der Waals surface area contributed by atoms with Crippen molar-refractivity contribution in [3.8, 4) is 5.75 Å². The Morgan fingerprint density at radius 3 is 2.39 bits per heavy atom. The van der Waals surface area contributed by atoms with E-state index in [1.54, 1.807) is 12.1 Å². The first-order chi connectivity index (χ1) is 15.8.